The highest BCUT2D eigenvalue weighted by atomic mass is 35.5. The predicted octanol–water partition coefficient (Wildman–Crippen LogP) is 8.38. The molecule has 12 N–H and O–H groups in total. The maximum atomic E-state index is 13.2. The van der Waals surface area contributed by atoms with E-state index in [4.69, 9.17) is 46.5 Å². The van der Waals surface area contributed by atoms with E-state index in [0.717, 1.165) is 62.1 Å². The Morgan fingerprint density at radius 3 is 2.19 bits per heavy atom. The molecule has 10 rings (SSSR count). The number of primary sulfonamides is 1. The van der Waals surface area contributed by atoms with Gasteiger partial charge in [0.15, 0.2) is 0 Å². The number of primary amides is 1. The third-order valence-electron chi connectivity index (χ3n) is 19.7. The SMILES string of the molecule is CC(=O)Oc1ccccc1C(=O)O.CC(C)NCC(O)COc1ccc(CC(N)=O)cc1.CCC(C)(C)C(=O)O[C@H]1C[C@@H](C)C=C2C=C[C@H](C)[C@H](CC[C@@H]3C[C@@H](O)CC(=O)O3)[C@H]21.CCOC(=O)[C@H](CCc1ccccc1)N[C@@H](C)C(=O)N1[C@H](C(=O)O)C[C@@H]2CCC[C@@H]21.NS(=O)(=O)c1cc2c(cc1Cl)NCNS2(=O)=O. The van der Waals surface area contributed by atoms with Crippen molar-refractivity contribution in [1.29, 1.82) is 0 Å². The number of cyclic esters (lactones) is 1. The fourth-order valence-electron chi connectivity index (χ4n) is 13.8. The number of aryl methyl sites for hydroxylation is 1. The van der Waals surface area contributed by atoms with Crippen molar-refractivity contribution in [1.82, 2.24) is 20.3 Å². The number of rotatable bonds is 26. The Kier molecular flexibility index (Phi) is 34.2. The van der Waals surface area contributed by atoms with E-state index in [1.165, 1.54) is 30.7 Å². The summed E-state index contributed by atoms with van der Waals surface area (Å²) in [6.45, 7) is 20.0. The number of likely N-dealkylation sites (tertiary alicyclic amines) is 1. The van der Waals surface area contributed by atoms with Gasteiger partial charge in [0.25, 0.3) is 0 Å². The molecule has 3 aliphatic carbocycles. The molecule has 0 bridgehead atoms. The van der Waals surface area contributed by atoms with Crippen LogP contribution in [0.5, 0.6) is 11.5 Å². The highest BCUT2D eigenvalue weighted by Crippen LogP contribution is 2.46. The van der Waals surface area contributed by atoms with E-state index < -0.39 is 78.6 Å². The molecule has 13 atom stereocenters. The number of aliphatic hydroxyl groups excluding tert-OH is 2. The quantitative estimate of drug-likeness (QED) is 0.0160. The molecule has 28 nitrogen and oxygen atoms in total. The van der Waals surface area contributed by atoms with Gasteiger partial charge in [-0.2, -0.15) is 4.72 Å². The number of esters is 4. The van der Waals surface area contributed by atoms with Crippen LogP contribution in [0.4, 0.5) is 5.69 Å². The minimum Gasteiger partial charge on any atom is -0.491 e. The Balaban J connectivity index is 0.000000220. The predicted molar refractivity (Wildman–Crippen MR) is 408 cm³/mol. The van der Waals surface area contributed by atoms with Crippen molar-refractivity contribution in [3.05, 3.63) is 137 Å². The highest BCUT2D eigenvalue weighted by Gasteiger charge is 2.50. The van der Waals surface area contributed by atoms with Crippen molar-refractivity contribution in [3.8, 4) is 11.5 Å². The number of nitrogens with zero attached hydrogens (tertiary/aromatic N) is 1. The Hall–Kier alpha value is -8.33. The number of aromatic carboxylic acids is 1. The number of ether oxygens (including phenoxy) is 5. The third kappa shape index (κ3) is 27.3. The molecule has 6 aliphatic rings. The van der Waals surface area contributed by atoms with E-state index in [2.05, 4.69) is 57.5 Å². The number of carboxylic acids is 2. The fourth-order valence-corrected chi connectivity index (χ4v) is 16.1. The van der Waals surface area contributed by atoms with Gasteiger partial charge in [-0.05, 0) is 162 Å². The standard InChI is InChI=1S/C25H38O5.C23H32N2O5.C14H22N2O3.C9H8O4.C7H8ClN3O4S2/c1-6-25(4,5)24(28)30-21-12-15(2)11-17-8-7-16(3)20(23(17)21)10-9-19-13-18(26)14-22(27)29-19;1-3-30-23(29)18(13-12-16-8-5-4-6-9-16)24-15(2)21(26)25-19-11-7-10-17(19)14-20(25)22(27)28;1-10(2)16-8-12(17)9-19-13-5-3-11(4-6-13)7-14(15)18;1-6(10)13-8-5-3-2-4-7(8)9(11)12;8-4-1-5-7(2-6(4)16(9,12)13)17(14,15)11-3-10-5/h7-8,11,15-16,18-21,23,26H,6,9-10,12-14H2,1-5H3;4-6,8-9,15,17-20,24H,3,7,10-14H2,1-2H3,(H,27,28);3-6,10,12,16-17H,7-9H2,1-2H3,(H2,15,18);2-5H,1H3,(H,11,12);1-2,10-11H,3H2,(H2,9,12,13)/t15-,16-,18+,19+,20-,21-,23-;15-,17-,18-,19-,20-;;;/m00.../s1. The lowest BCUT2D eigenvalue weighted by atomic mass is 9.65. The van der Waals surface area contributed by atoms with E-state index in [0.29, 0.717) is 61.8 Å². The van der Waals surface area contributed by atoms with Crippen LogP contribution in [-0.4, -0.2) is 171 Å². The monoisotopic (exact) mass is 1580 g/mol. The van der Waals surface area contributed by atoms with Crippen molar-refractivity contribution in [2.45, 2.75) is 217 Å². The van der Waals surface area contributed by atoms with Crippen LogP contribution in [0.3, 0.4) is 0 Å². The maximum Gasteiger partial charge on any atom is 0.339 e. The Labute approximate surface area is 643 Å². The van der Waals surface area contributed by atoms with Crippen molar-refractivity contribution in [3.63, 3.8) is 0 Å². The number of nitrogens with two attached hydrogens (primary N) is 2. The minimum absolute atomic E-state index is 0.00629. The lowest BCUT2D eigenvalue weighted by molar-refractivity contribution is -0.166. The second kappa shape index (κ2) is 41.6. The molecule has 0 spiro atoms. The summed E-state index contributed by atoms with van der Waals surface area (Å²) < 4.78 is 74.8. The van der Waals surface area contributed by atoms with Crippen LogP contribution in [-0.2, 0) is 80.7 Å². The van der Waals surface area contributed by atoms with Gasteiger partial charge < -0.3 is 65.4 Å². The lowest BCUT2D eigenvalue weighted by Crippen LogP contribution is -2.55. The first-order valence-corrected chi connectivity index (χ1v) is 40.3. The van der Waals surface area contributed by atoms with Crippen LogP contribution in [0.25, 0.3) is 0 Å². The largest absolute Gasteiger partial charge is 0.491 e. The normalized spacial score (nSPS) is 23.0. The first kappa shape index (κ1) is 89.6. The molecule has 4 aromatic carbocycles. The summed E-state index contributed by atoms with van der Waals surface area (Å²) in [4.78, 5) is 94.9. The smallest absolute Gasteiger partial charge is 0.339 e. The molecule has 1 saturated carbocycles. The van der Waals surface area contributed by atoms with Crippen LogP contribution >= 0.6 is 11.6 Å². The summed E-state index contributed by atoms with van der Waals surface area (Å²) in [6, 6.07) is 23.3. The number of anilines is 1. The van der Waals surface area contributed by atoms with E-state index in [9.17, 15) is 70.5 Å². The zero-order valence-corrected chi connectivity index (χ0v) is 65.9. The molecule has 3 fully saturated rings. The second-order valence-electron chi connectivity index (χ2n) is 29.1. The summed E-state index contributed by atoms with van der Waals surface area (Å²) in [5, 5.41) is 51.7. The third-order valence-corrected chi connectivity index (χ3v) is 22.5. The van der Waals surface area contributed by atoms with Crippen LogP contribution in [0, 0.1) is 35.0 Å². The van der Waals surface area contributed by atoms with Crippen LogP contribution in [0.2, 0.25) is 5.02 Å². The molecular weight excluding hydrogens is 1470 g/mol. The van der Waals surface area contributed by atoms with E-state index in [1.54, 1.807) is 55.1 Å². The topological polar surface area (TPSA) is 435 Å². The van der Waals surface area contributed by atoms with Gasteiger partial charge in [0.1, 0.15) is 63.9 Å². The molecule has 2 saturated heterocycles. The van der Waals surface area contributed by atoms with Crippen molar-refractivity contribution in [2.24, 2.45) is 45.9 Å². The Bertz CT molecular complexity index is 4070. The first-order chi connectivity index (χ1) is 51.3. The highest BCUT2D eigenvalue weighted by molar-refractivity contribution is 7.90. The average Bonchev–Trinajstić information content (AvgIpc) is 1.75. The number of amides is 2. The number of nitrogens with one attached hydrogen (secondary N) is 4. The molecule has 0 aromatic heterocycles. The number of para-hydroxylation sites is 1. The fraction of sp³-hybridized carbons (Fsp3) is 0.538. The summed E-state index contributed by atoms with van der Waals surface area (Å²) in [6.07, 6.45) is 13.8. The van der Waals surface area contributed by atoms with E-state index in [-0.39, 0.29) is 119 Å². The molecule has 3 heterocycles. The zero-order valence-electron chi connectivity index (χ0n) is 63.5. The van der Waals surface area contributed by atoms with Crippen molar-refractivity contribution in [2.75, 3.05) is 31.7 Å². The lowest BCUT2D eigenvalue weighted by Gasteiger charge is -2.44. The zero-order chi connectivity index (χ0) is 80.7. The van der Waals surface area contributed by atoms with Gasteiger partial charge in [0.2, 0.25) is 31.9 Å². The van der Waals surface area contributed by atoms with Gasteiger partial charge in [0, 0.05) is 37.9 Å². The van der Waals surface area contributed by atoms with Crippen LogP contribution in [0.1, 0.15) is 161 Å². The first-order valence-electron chi connectivity index (χ1n) is 36.8. The second-order valence-corrected chi connectivity index (χ2v) is 32.8. The molecule has 1 unspecified atom stereocenters. The number of carboxylic acid groups (broad SMARTS) is 2. The summed E-state index contributed by atoms with van der Waals surface area (Å²) in [5.41, 5.74) is 8.07. The molecule has 3 aliphatic heterocycles. The summed E-state index contributed by atoms with van der Waals surface area (Å²) in [5.74, 6) is -1.81. The molecule has 109 heavy (non-hydrogen) atoms. The number of hydrogen-bond acceptors (Lipinski definition) is 22. The molecular formula is C78H108ClN7O21S2. The van der Waals surface area contributed by atoms with Gasteiger partial charge in [0.05, 0.1) is 54.4 Å². The number of carbonyl (C=O) groups is 8. The number of carbonyl (C=O) groups excluding carboxylic acids is 6. The molecule has 600 valence electrons. The van der Waals surface area contributed by atoms with Gasteiger partial charge in [-0.15, -0.1) is 0 Å². The summed E-state index contributed by atoms with van der Waals surface area (Å²) in [7, 11) is -7.80. The number of allylic oxidation sites excluding steroid dienone is 3. The molecule has 0 radical (unpaired) electrons. The average molecular weight is 1580 g/mol. The van der Waals surface area contributed by atoms with Gasteiger partial charge in [-0.1, -0.05) is 125 Å². The van der Waals surface area contributed by atoms with Crippen molar-refractivity contribution >= 4 is 85.0 Å². The number of hydrogen-bond donors (Lipinski definition) is 10. The summed E-state index contributed by atoms with van der Waals surface area (Å²) >= 11 is 5.72. The molecule has 4 aromatic rings. The van der Waals surface area contributed by atoms with E-state index >= 15 is 0 Å². The van der Waals surface area contributed by atoms with Crippen LogP contribution < -0.4 is 41.0 Å². The van der Waals surface area contributed by atoms with Gasteiger partial charge in [-0.25, -0.2) is 31.6 Å². The number of halogens is 1. The number of aliphatic carboxylic acids is 1. The number of sulfonamides is 2. The van der Waals surface area contributed by atoms with Crippen LogP contribution in [0.15, 0.2) is 125 Å². The van der Waals surface area contributed by atoms with Crippen molar-refractivity contribution < 1.29 is 99.3 Å². The Morgan fingerprint density at radius 1 is 0.899 bits per heavy atom. The number of aliphatic hydroxyl groups is 2. The minimum atomic E-state index is -4.07. The van der Waals surface area contributed by atoms with Gasteiger partial charge in [-0.3, -0.25) is 34.1 Å². The van der Waals surface area contributed by atoms with Gasteiger partial charge >= 0.3 is 35.8 Å². The molecule has 2 amide bonds. The Morgan fingerprint density at radius 2 is 1.58 bits per heavy atom. The molecule has 31 heteroatoms. The maximum absolute atomic E-state index is 13.2. The van der Waals surface area contributed by atoms with E-state index in [1.807, 2.05) is 65.0 Å². The number of fused-ring (bicyclic) bond motifs is 3. The number of benzene rings is 4.